The van der Waals surface area contributed by atoms with Gasteiger partial charge in [0.1, 0.15) is 5.82 Å². The van der Waals surface area contributed by atoms with Crippen LogP contribution >= 0.6 is 0 Å². The van der Waals surface area contributed by atoms with Crippen molar-refractivity contribution in [2.24, 2.45) is 5.73 Å². The van der Waals surface area contributed by atoms with Gasteiger partial charge in [-0.15, -0.1) is 10.2 Å². The van der Waals surface area contributed by atoms with E-state index in [1.165, 1.54) is 6.07 Å². The number of carbonyl (C=O) groups is 1. The minimum absolute atomic E-state index is 0.122. The van der Waals surface area contributed by atoms with E-state index in [4.69, 9.17) is 5.73 Å². The number of anilines is 1. The smallest absolute Gasteiger partial charge is 0.269 e. The second-order valence-electron chi connectivity index (χ2n) is 3.95. The van der Waals surface area contributed by atoms with Gasteiger partial charge in [-0.2, -0.15) is 0 Å². The highest BCUT2D eigenvalue weighted by atomic mass is 16.3. The largest absolute Gasteiger partial charge is 0.388 e. The third-order valence-electron chi connectivity index (χ3n) is 2.83. The molecule has 1 amide bonds. The van der Waals surface area contributed by atoms with Crippen molar-refractivity contribution in [2.75, 3.05) is 11.9 Å². The third kappa shape index (κ3) is 3.67. The molecular formula is C11H18N4O2. The van der Waals surface area contributed by atoms with Gasteiger partial charge in [0.25, 0.3) is 5.91 Å². The second-order valence-corrected chi connectivity index (χ2v) is 3.95. The van der Waals surface area contributed by atoms with Crippen molar-refractivity contribution in [1.29, 1.82) is 0 Å². The van der Waals surface area contributed by atoms with Crippen molar-refractivity contribution < 1.29 is 9.90 Å². The Bertz CT molecular complexity index is 374. The van der Waals surface area contributed by atoms with Crippen LogP contribution in [0.2, 0.25) is 0 Å². The van der Waals surface area contributed by atoms with Gasteiger partial charge in [-0.3, -0.25) is 4.79 Å². The monoisotopic (exact) mass is 238 g/mol. The number of nitrogens with two attached hydrogens (primary N) is 1. The van der Waals surface area contributed by atoms with Gasteiger partial charge in [0.15, 0.2) is 5.69 Å². The molecule has 4 N–H and O–H groups in total. The maximum Gasteiger partial charge on any atom is 0.269 e. The lowest BCUT2D eigenvalue weighted by atomic mass is 9.98. The van der Waals surface area contributed by atoms with Crippen LogP contribution in [0.15, 0.2) is 12.1 Å². The van der Waals surface area contributed by atoms with E-state index in [1.54, 1.807) is 6.07 Å². The number of nitrogens with zero attached hydrogens (tertiary/aromatic N) is 2. The molecule has 0 aliphatic rings. The van der Waals surface area contributed by atoms with Crippen molar-refractivity contribution in [2.45, 2.75) is 32.3 Å². The number of hydrogen-bond acceptors (Lipinski definition) is 5. The summed E-state index contributed by atoms with van der Waals surface area (Å²) in [5, 5.41) is 20.5. The normalized spacial score (nSPS) is 11.2. The molecule has 0 radical (unpaired) electrons. The van der Waals surface area contributed by atoms with Crippen LogP contribution in [0.1, 0.15) is 37.2 Å². The highest BCUT2D eigenvalue weighted by Crippen LogP contribution is 2.15. The zero-order chi connectivity index (χ0) is 12.9. The Hall–Kier alpha value is -1.69. The van der Waals surface area contributed by atoms with Crippen LogP contribution in [0.3, 0.4) is 0 Å². The summed E-state index contributed by atoms with van der Waals surface area (Å²) in [7, 11) is 0. The van der Waals surface area contributed by atoms with Gasteiger partial charge in [-0.1, -0.05) is 13.8 Å². The van der Waals surface area contributed by atoms with Crippen molar-refractivity contribution in [3.63, 3.8) is 0 Å². The lowest BCUT2D eigenvalue weighted by Crippen LogP contribution is -2.35. The lowest BCUT2D eigenvalue weighted by molar-refractivity contribution is 0.0456. The first-order valence-electron chi connectivity index (χ1n) is 5.60. The molecule has 1 heterocycles. The Balaban J connectivity index is 2.61. The molecule has 0 saturated carbocycles. The molecule has 1 rings (SSSR count). The number of amides is 1. The Labute approximate surface area is 100 Å². The molecule has 94 valence electrons. The van der Waals surface area contributed by atoms with E-state index in [-0.39, 0.29) is 5.69 Å². The Morgan fingerprint density at radius 1 is 1.41 bits per heavy atom. The number of hydrogen-bond donors (Lipinski definition) is 3. The minimum Gasteiger partial charge on any atom is -0.388 e. The number of aliphatic hydroxyl groups is 1. The average Bonchev–Trinajstić information content (AvgIpc) is 2.36. The fourth-order valence-electron chi connectivity index (χ4n) is 1.31. The van der Waals surface area contributed by atoms with Crippen LogP contribution in [0.5, 0.6) is 0 Å². The van der Waals surface area contributed by atoms with Crippen LogP contribution in [0, 0.1) is 0 Å². The van der Waals surface area contributed by atoms with E-state index in [9.17, 15) is 9.90 Å². The summed E-state index contributed by atoms with van der Waals surface area (Å²) >= 11 is 0. The summed E-state index contributed by atoms with van der Waals surface area (Å²) in [4.78, 5) is 10.8. The quantitative estimate of drug-likeness (QED) is 0.671. The topological polar surface area (TPSA) is 101 Å². The molecule has 0 unspecified atom stereocenters. The maximum atomic E-state index is 10.8. The summed E-state index contributed by atoms with van der Waals surface area (Å²) in [5.41, 5.74) is 4.42. The molecule has 0 aliphatic carbocycles. The third-order valence-corrected chi connectivity index (χ3v) is 2.83. The predicted octanol–water partition coefficient (Wildman–Crippen LogP) is 0.538. The van der Waals surface area contributed by atoms with Gasteiger partial charge >= 0.3 is 0 Å². The molecule has 1 aromatic heterocycles. The van der Waals surface area contributed by atoms with E-state index < -0.39 is 11.5 Å². The number of primary amides is 1. The predicted molar refractivity (Wildman–Crippen MR) is 64.6 cm³/mol. The minimum atomic E-state index is -0.746. The van der Waals surface area contributed by atoms with Crippen LogP contribution in [-0.4, -0.2) is 33.4 Å². The van der Waals surface area contributed by atoms with E-state index >= 15 is 0 Å². The van der Waals surface area contributed by atoms with Gasteiger partial charge in [0.05, 0.1) is 5.60 Å². The molecule has 0 spiro atoms. The summed E-state index contributed by atoms with van der Waals surface area (Å²) in [6.45, 7) is 4.24. The fraction of sp³-hybridized carbons (Fsp3) is 0.545. The molecule has 0 fully saturated rings. The fourth-order valence-corrected chi connectivity index (χ4v) is 1.31. The Kier molecular flexibility index (Phi) is 4.39. The summed E-state index contributed by atoms with van der Waals surface area (Å²) in [6.07, 6.45) is 1.31. The zero-order valence-corrected chi connectivity index (χ0v) is 10.1. The highest BCUT2D eigenvalue weighted by molar-refractivity contribution is 5.90. The van der Waals surface area contributed by atoms with E-state index in [1.807, 2.05) is 13.8 Å². The van der Waals surface area contributed by atoms with Gasteiger partial charge in [-0.05, 0) is 25.0 Å². The van der Waals surface area contributed by atoms with Crippen molar-refractivity contribution in [1.82, 2.24) is 10.2 Å². The van der Waals surface area contributed by atoms with Gasteiger partial charge in [0, 0.05) is 6.54 Å². The van der Waals surface area contributed by atoms with E-state index in [0.717, 1.165) is 0 Å². The van der Waals surface area contributed by atoms with Gasteiger partial charge < -0.3 is 16.2 Å². The van der Waals surface area contributed by atoms with Gasteiger partial charge in [0.2, 0.25) is 0 Å². The SMILES string of the molecule is CCC(O)(CC)CNc1ccc(C(N)=O)nn1. The first-order chi connectivity index (χ1) is 8.00. The molecule has 0 saturated heterocycles. The van der Waals surface area contributed by atoms with Crippen molar-refractivity contribution >= 4 is 11.7 Å². The Morgan fingerprint density at radius 3 is 2.47 bits per heavy atom. The zero-order valence-electron chi connectivity index (χ0n) is 10.1. The van der Waals surface area contributed by atoms with Gasteiger partial charge in [-0.25, -0.2) is 0 Å². The first-order valence-corrected chi connectivity index (χ1v) is 5.60. The van der Waals surface area contributed by atoms with Crippen LogP contribution in [0.25, 0.3) is 0 Å². The maximum absolute atomic E-state index is 10.8. The number of carbonyl (C=O) groups excluding carboxylic acids is 1. The summed E-state index contributed by atoms with van der Waals surface area (Å²) in [5.74, 6) is -0.0991. The summed E-state index contributed by atoms with van der Waals surface area (Å²) in [6, 6.07) is 3.10. The van der Waals surface area contributed by atoms with Crippen LogP contribution in [0.4, 0.5) is 5.82 Å². The number of aromatic nitrogens is 2. The number of rotatable bonds is 6. The number of nitrogens with one attached hydrogen (secondary N) is 1. The molecule has 0 aliphatic heterocycles. The Morgan fingerprint density at radius 2 is 2.06 bits per heavy atom. The molecule has 1 aromatic rings. The lowest BCUT2D eigenvalue weighted by Gasteiger charge is -2.25. The summed E-state index contributed by atoms with van der Waals surface area (Å²) < 4.78 is 0. The highest BCUT2D eigenvalue weighted by Gasteiger charge is 2.21. The second kappa shape index (κ2) is 5.58. The molecule has 6 heteroatoms. The molecule has 6 nitrogen and oxygen atoms in total. The van der Waals surface area contributed by atoms with Crippen LogP contribution < -0.4 is 11.1 Å². The van der Waals surface area contributed by atoms with Crippen LogP contribution in [-0.2, 0) is 0 Å². The molecular weight excluding hydrogens is 220 g/mol. The standard InChI is InChI=1S/C11H18N4O2/c1-3-11(17,4-2)7-13-9-6-5-8(10(12)16)14-15-9/h5-6,17H,3-4,7H2,1-2H3,(H2,12,16)(H,13,15). The van der Waals surface area contributed by atoms with Crippen molar-refractivity contribution in [3.8, 4) is 0 Å². The molecule has 0 aromatic carbocycles. The average molecular weight is 238 g/mol. The first kappa shape index (κ1) is 13.4. The van der Waals surface area contributed by atoms with Crippen molar-refractivity contribution in [3.05, 3.63) is 17.8 Å². The van der Waals surface area contributed by atoms with E-state index in [2.05, 4.69) is 15.5 Å². The molecule has 0 bridgehead atoms. The molecule has 17 heavy (non-hydrogen) atoms. The van der Waals surface area contributed by atoms with E-state index in [0.29, 0.717) is 25.2 Å². The molecule has 0 atom stereocenters.